The van der Waals surface area contributed by atoms with E-state index >= 15 is 0 Å². The van der Waals surface area contributed by atoms with E-state index in [9.17, 15) is 4.79 Å². The largest absolute Gasteiger partial charge is 0.322 e. The lowest BCUT2D eigenvalue weighted by Gasteiger charge is -2.03. The molecule has 0 radical (unpaired) electrons. The number of carbonyl (C=O) groups excluding carboxylic acids is 1. The van der Waals surface area contributed by atoms with E-state index in [1.807, 2.05) is 14.0 Å². The molecule has 1 amide bonds. The number of carbonyl (C=O) groups is 1. The molecule has 0 unspecified atom stereocenters. The first-order chi connectivity index (χ1) is 8.04. The number of hydrogen-bond acceptors (Lipinski definition) is 3. The first kappa shape index (κ1) is 11.8. The number of halogens is 1. The zero-order valence-corrected chi connectivity index (χ0v) is 11.1. The summed E-state index contributed by atoms with van der Waals surface area (Å²) in [6.45, 7) is 2.03. The molecule has 0 fully saturated rings. The van der Waals surface area contributed by atoms with Crippen molar-refractivity contribution >= 4 is 27.5 Å². The van der Waals surface area contributed by atoms with E-state index in [0.717, 1.165) is 15.9 Å². The van der Waals surface area contributed by atoms with E-state index in [-0.39, 0.29) is 12.5 Å². The quantitative estimate of drug-likeness (QED) is 0.929. The van der Waals surface area contributed by atoms with Gasteiger partial charge in [-0.1, -0.05) is 0 Å². The highest BCUT2D eigenvalue weighted by Crippen LogP contribution is 2.11. The summed E-state index contributed by atoms with van der Waals surface area (Å²) >= 11 is 3.28. The fraction of sp³-hybridized carbons (Fsp3) is 0.300. The zero-order chi connectivity index (χ0) is 12.4. The van der Waals surface area contributed by atoms with E-state index in [4.69, 9.17) is 0 Å². The van der Waals surface area contributed by atoms with Gasteiger partial charge in [-0.05, 0) is 22.9 Å². The summed E-state index contributed by atoms with van der Waals surface area (Å²) in [5.41, 5.74) is 1.52. The Morgan fingerprint density at radius 2 is 2.29 bits per heavy atom. The Morgan fingerprint density at radius 3 is 2.82 bits per heavy atom. The molecule has 0 saturated carbocycles. The van der Waals surface area contributed by atoms with Gasteiger partial charge in [-0.15, -0.1) is 0 Å². The maximum Gasteiger partial charge on any atom is 0.246 e. The number of rotatable bonds is 3. The number of aryl methyl sites for hydroxylation is 2. The Kier molecular flexibility index (Phi) is 3.28. The van der Waals surface area contributed by atoms with Crippen LogP contribution >= 0.6 is 15.9 Å². The van der Waals surface area contributed by atoms with Crippen LogP contribution in [0.2, 0.25) is 0 Å². The van der Waals surface area contributed by atoms with Crippen LogP contribution in [0.25, 0.3) is 0 Å². The van der Waals surface area contributed by atoms with Crippen LogP contribution in [0.3, 0.4) is 0 Å². The van der Waals surface area contributed by atoms with E-state index in [1.54, 1.807) is 28.0 Å². The standard InChI is InChI=1S/C10H12BrN5O/c1-7-9(5-15(2)14-7)13-10(17)6-16-4-8(11)3-12-16/h3-5H,6H2,1-2H3,(H,13,17). The third-order valence-electron chi connectivity index (χ3n) is 2.19. The van der Waals surface area contributed by atoms with Crippen LogP contribution in [0.1, 0.15) is 5.69 Å². The smallest absolute Gasteiger partial charge is 0.246 e. The Balaban J connectivity index is 2.00. The second kappa shape index (κ2) is 4.70. The Bertz CT molecular complexity index is 545. The van der Waals surface area contributed by atoms with Gasteiger partial charge in [0.25, 0.3) is 0 Å². The van der Waals surface area contributed by atoms with Crippen molar-refractivity contribution < 1.29 is 4.79 Å². The van der Waals surface area contributed by atoms with Crippen molar-refractivity contribution in [3.05, 3.63) is 28.8 Å². The number of amides is 1. The zero-order valence-electron chi connectivity index (χ0n) is 9.51. The molecule has 2 rings (SSSR count). The Morgan fingerprint density at radius 1 is 1.53 bits per heavy atom. The van der Waals surface area contributed by atoms with Crippen molar-refractivity contribution in [3.8, 4) is 0 Å². The summed E-state index contributed by atoms with van der Waals surface area (Å²) in [7, 11) is 1.81. The van der Waals surface area contributed by atoms with Gasteiger partial charge in [0.15, 0.2) is 0 Å². The van der Waals surface area contributed by atoms with E-state index in [0.29, 0.717) is 0 Å². The fourth-order valence-corrected chi connectivity index (χ4v) is 1.81. The Hall–Kier alpha value is -1.63. The van der Waals surface area contributed by atoms with Crippen molar-refractivity contribution in [1.29, 1.82) is 0 Å². The van der Waals surface area contributed by atoms with Gasteiger partial charge in [-0.3, -0.25) is 14.2 Å². The SMILES string of the molecule is Cc1nn(C)cc1NC(=O)Cn1cc(Br)cn1. The number of hydrogen-bond donors (Lipinski definition) is 1. The summed E-state index contributed by atoms with van der Waals surface area (Å²) in [6.07, 6.45) is 5.16. The molecule has 0 bridgehead atoms. The van der Waals surface area contributed by atoms with E-state index < -0.39 is 0 Å². The van der Waals surface area contributed by atoms with Crippen molar-refractivity contribution in [2.45, 2.75) is 13.5 Å². The van der Waals surface area contributed by atoms with Crippen molar-refractivity contribution in [1.82, 2.24) is 19.6 Å². The van der Waals surface area contributed by atoms with Gasteiger partial charge in [0, 0.05) is 19.4 Å². The lowest BCUT2D eigenvalue weighted by Crippen LogP contribution is -2.19. The second-order valence-corrected chi connectivity index (χ2v) is 4.62. The number of nitrogens with one attached hydrogen (secondary N) is 1. The topological polar surface area (TPSA) is 64.7 Å². The molecule has 90 valence electrons. The molecule has 0 aliphatic rings. The van der Waals surface area contributed by atoms with Gasteiger partial charge in [-0.2, -0.15) is 10.2 Å². The molecule has 0 aliphatic carbocycles. The maximum atomic E-state index is 11.7. The molecular formula is C10H12BrN5O. The minimum absolute atomic E-state index is 0.128. The first-order valence-electron chi connectivity index (χ1n) is 5.02. The molecule has 6 nitrogen and oxygen atoms in total. The molecule has 2 aromatic rings. The molecule has 0 aliphatic heterocycles. The molecule has 0 aromatic carbocycles. The van der Waals surface area contributed by atoms with Crippen LogP contribution < -0.4 is 5.32 Å². The highest BCUT2D eigenvalue weighted by Gasteiger charge is 2.08. The van der Waals surface area contributed by atoms with Gasteiger partial charge in [0.2, 0.25) is 5.91 Å². The minimum atomic E-state index is -0.128. The van der Waals surface area contributed by atoms with Crippen LogP contribution in [-0.2, 0) is 18.4 Å². The minimum Gasteiger partial charge on any atom is -0.322 e. The van der Waals surface area contributed by atoms with E-state index in [1.165, 1.54) is 0 Å². The van der Waals surface area contributed by atoms with Crippen LogP contribution in [0.4, 0.5) is 5.69 Å². The van der Waals surface area contributed by atoms with Crippen LogP contribution in [0, 0.1) is 6.92 Å². The maximum absolute atomic E-state index is 11.7. The van der Waals surface area contributed by atoms with Gasteiger partial charge in [0.1, 0.15) is 6.54 Å². The van der Waals surface area contributed by atoms with Crippen molar-refractivity contribution in [2.75, 3.05) is 5.32 Å². The lowest BCUT2D eigenvalue weighted by atomic mass is 10.4. The molecule has 0 atom stereocenters. The molecule has 1 N–H and O–H groups in total. The summed E-state index contributed by atoms with van der Waals surface area (Å²) in [6, 6.07) is 0. The lowest BCUT2D eigenvalue weighted by molar-refractivity contribution is -0.116. The van der Waals surface area contributed by atoms with Crippen molar-refractivity contribution in [3.63, 3.8) is 0 Å². The average molecular weight is 298 g/mol. The molecular weight excluding hydrogens is 286 g/mol. The summed E-state index contributed by atoms with van der Waals surface area (Å²) in [5.74, 6) is -0.128. The molecule has 7 heteroatoms. The molecule has 2 heterocycles. The third-order valence-corrected chi connectivity index (χ3v) is 2.60. The van der Waals surface area contributed by atoms with Gasteiger partial charge >= 0.3 is 0 Å². The van der Waals surface area contributed by atoms with Crippen LogP contribution in [0.15, 0.2) is 23.1 Å². The second-order valence-electron chi connectivity index (χ2n) is 3.71. The number of aromatic nitrogens is 4. The number of anilines is 1. The monoisotopic (exact) mass is 297 g/mol. The average Bonchev–Trinajstić information content (AvgIpc) is 2.74. The molecule has 2 aromatic heterocycles. The van der Waals surface area contributed by atoms with E-state index in [2.05, 4.69) is 31.4 Å². The van der Waals surface area contributed by atoms with Gasteiger partial charge < -0.3 is 5.32 Å². The van der Waals surface area contributed by atoms with Gasteiger partial charge in [-0.25, -0.2) is 0 Å². The highest BCUT2D eigenvalue weighted by atomic mass is 79.9. The first-order valence-corrected chi connectivity index (χ1v) is 5.82. The predicted octanol–water partition coefficient (Wildman–Crippen LogP) is 1.33. The normalized spacial score (nSPS) is 10.5. The summed E-state index contributed by atoms with van der Waals surface area (Å²) in [4.78, 5) is 11.7. The van der Waals surface area contributed by atoms with Crippen LogP contribution in [-0.4, -0.2) is 25.5 Å². The molecule has 0 spiro atoms. The fourth-order valence-electron chi connectivity index (χ4n) is 1.48. The van der Waals surface area contributed by atoms with Crippen molar-refractivity contribution in [2.24, 2.45) is 7.05 Å². The molecule has 0 saturated heterocycles. The summed E-state index contributed by atoms with van der Waals surface area (Å²) in [5, 5.41) is 11.0. The third kappa shape index (κ3) is 2.94. The summed E-state index contributed by atoms with van der Waals surface area (Å²) < 4.78 is 4.07. The molecule has 17 heavy (non-hydrogen) atoms. The highest BCUT2D eigenvalue weighted by molar-refractivity contribution is 9.10. The number of nitrogens with zero attached hydrogens (tertiary/aromatic N) is 4. The predicted molar refractivity (Wildman–Crippen MR) is 66.5 cm³/mol. The van der Waals surface area contributed by atoms with Crippen LogP contribution in [0.5, 0.6) is 0 Å². The Labute approximate surface area is 107 Å². The van der Waals surface area contributed by atoms with Gasteiger partial charge in [0.05, 0.1) is 22.1 Å².